The van der Waals surface area contributed by atoms with Gasteiger partial charge in [0.05, 0.1) is 26.2 Å². The Morgan fingerprint density at radius 2 is 2.50 bits per heavy atom. The van der Waals surface area contributed by atoms with Gasteiger partial charge in [0.1, 0.15) is 0 Å². The van der Waals surface area contributed by atoms with Crippen LogP contribution in [0.15, 0.2) is 12.2 Å². The number of hydrogen-bond acceptors (Lipinski definition) is 3. The lowest BCUT2D eigenvalue weighted by Gasteiger charge is -2.01. The minimum absolute atomic E-state index is 0.230. The Labute approximate surface area is 74.8 Å². The molecule has 0 radical (unpaired) electrons. The second-order valence-corrected chi connectivity index (χ2v) is 2.10. The summed E-state index contributed by atoms with van der Waals surface area (Å²) in [5, 5.41) is 0. The highest BCUT2D eigenvalue weighted by atomic mass is 16.5. The molecule has 0 atom stereocenters. The molecule has 0 N–H and O–H groups in total. The first kappa shape index (κ1) is 9.26. The Hall–Kier alpha value is -0.830. The van der Waals surface area contributed by atoms with Crippen LogP contribution in [0, 0.1) is 0 Å². The van der Waals surface area contributed by atoms with Gasteiger partial charge in [0.25, 0.3) is 0 Å². The van der Waals surface area contributed by atoms with Gasteiger partial charge < -0.3 is 9.47 Å². The van der Waals surface area contributed by atoms with Gasteiger partial charge in [-0.15, -0.1) is 0 Å². The molecule has 0 fully saturated rings. The Balaban J connectivity index is 3.15. The minimum Gasteiger partial charge on any atom is -0.466 e. The maximum atomic E-state index is 10.8. The smallest absolute Gasteiger partial charge is 0.308 e. The molecular weight excluding hydrogens is 156 g/mol. The van der Waals surface area contributed by atoms with E-state index >= 15 is 0 Å². The van der Waals surface area contributed by atoms with Crippen LogP contribution >= 0.6 is 0 Å². The molecule has 0 aliphatic carbocycles. The lowest BCUT2D eigenvalue weighted by atomic mass is 10.4. The van der Waals surface area contributed by atoms with Crippen molar-refractivity contribution in [2.24, 2.45) is 0 Å². The number of hydrogen-bond donors (Lipinski definition) is 0. The van der Waals surface area contributed by atoms with Crippen molar-refractivity contribution in [1.82, 2.24) is 0 Å². The normalized spacial score (nSPS) is 11.6. The molecule has 0 saturated carbocycles. The summed E-state index contributed by atoms with van der Waals surface area (Å²) in [5.74, 6) is -0.230. The minimum atomic E-state index is -0.230. The van der Waals surface area contributed by atoms with Crippen molar-refractivity contribution >= 4 is 5.97 Å². The number of ether oxygens (including phenoxy) is 2. The Morgan fingerprint density at radius 1 is 1.67 bits per heavy atom. The monoisotopic (exact) mass is 173 g/mol. The molecule has 0 rings (SSSR count). The Morgan fingerprint density at radius 3 is 3.17 bits per heavy atom. The predicted octanol–water partition coefficient (Wildman–Crippen LogP) is 1.53. The molecule has 0 amide bonds. The van der Waals surface area contributed by atoms with E-state index < -0.39 is 0 Å². The van der Waals surface area contributed by atoms with Gasteiger partial charge in [-0.1, -0.05) is 12.2 Å². The van der Waals surface area contributed by atoms with Crippen molar-refractivity contribution in [3.63, 3.8) is 0 Å². The van der Waals surface area contributed by atoms with E-state index in [1.165, 1.54) is 0 Å². The van der Waals surface area contributed by atoms with E-state index in [0.717, 1.165) is 0 Å². The summed E-state index contributed by atoms with van der Waals surface area (Å²) in [4.78, 5) is 10.8. The number of rotatable bonds is 6. The van der Waals surface area contributed by atoms with Crippen LogP contribution in [0.2, 0.25) is 0 Å². The molecule has 3 nitrogen and oxygen atoms in total. The lowest BCUT2D eigenvalue weighted by molar-refractivity contribution is -0.144. The van der Waals surface area contributed by atoms with Gasteiger partial charge in [0.15, 0.2) is 0 Å². The Kier molecular flexibility index (Phi) is 6.38. The fraction of sp³-hybridized carbons (Fsp3) is 0.667. The van der Waals surface area contributed by atoms with E-state index in [4.69, 9.17) is 10.8 Å². The number of carbonyl (C=O) groups excluding carboxylic acids is 1. The zero-order chi connectivity index (χ0) is 9.94. The standard InChI is InChI=1S/C9H16O3/c1-3-5-7-11-8-6-9(10)12-4-2/h3,5H,4,6-8H2,1-2H3/b5-3+/i1D. The molecule has 70 valence electrons. The van der Waals surface area contributed by atoms with Gasteiger partial charge in [0.2, 0.25) is 0 Å². The largest absolute Gasteiger partial charge is 0.466 e. The molecule has 0 unspecified atom stereocenters. The van der Waals surface area contributed by atoms with Crippen LogP contribution in [0.5, 0.6) is 0 Å². The summed E-state index contributed by atoms with van der Waals surface area (Å²) >= 11 is 0. The molecule has 0 aliphatic heterocycles. The molecule has 0 aromatic heterocycles. The number of esters is 1. The van der Waals surface area contributed by atoms with Crippen molar-refractivity contribution in [3.8, 4) is 0 Å². The summed E-state index contributed by atoms with van der Waals surface area (Å²) in [6.45, 7) is 3.29. The quantitative estimate of drug-likeness (QED) is 0.347. The molecule has 3 heteroatoms. The second-order valence-electron chi connectivity index (χ2n) is 2.10. The summed E-state index contributed by atoms with van der Waals surface area (Å²) in [7, 11) is 0. The van der Waals surface area contributed by atoms with Gasteiger partial charge in [-0.25, -0.2) is 0 Å². The van der Waals surface area contributed by atoms with E-state index in [1.807, 2.05) is 0 Å². The van der Waals surface area contributed by atoms with Crippen molar-refractivity contribution in [2.45, 2.75) is 20.2 Å². The van der Waals surface area contributed by atoms with Crippen molar-refractivity contribution < 1.29 is 15.6 Å². The van der Waals surface area contributed by atoms with Crippen molar-refractivity contribution in [3.05, 3.63) is 12.2 Å². The topological polar surface area (TPSA) is 35.5 Å². The molecular formula is C9H16O3. The highest BCUT2D eigenvalue weighted by molar-refractivity contribution is 5.69. The summed E-state index contributed by atoms with van der Waals surface area (Å²) in [5.41, 5.74) is 0. The molecule has 0 bridgehead atoms. The zero-order valence-corrected chi connectivity index (χ0v) is 7.41. The lowest BCUT2D eigenvalue weighted by Crippen LogP contribution is -2.07. The van der Waals surface area contributed by atoms with E-state index in [-0.39, 0.29) is 12.9 Å². The van der Waals surface area contributed by atoms with Gasteiger partial charge in [0, 0.05) is 1.37 Å². The van der Waals surface area contributed by atoms with Gasteiger partial charge in [-0.3, -0.25) is 4.79 Å². The molecule has 0 aromatic carbocycles. The molecule has 12 heavy (non-hydrogen) atoms. The summed E-state index contributed by atoms with van der Waals surface area (Å²) in [6, 6.07) is 0. The molecule has 0 aromatic rings. The third-order valence-corrected chi connectivity index (χ3v) is 1.14. The third kappa shape index (κ3) is 7.28. The molecule has 0 saturated heterocycles. The highest BCUT2D eigenvalue weighted by Crippen LogP contribution is 1.88. The van der Waals surface area contributed by atoms with Crippen LogP contribution in [0.3, 0.4) is 0 Å². The van der Waals surface area contributed by atoms with Crippen LogP contribution < -0.4 is 0 Å². The second kappa shape index (κ2) is 8.27. The van der Waals surface area contributed by atoms with Gasteiger partial charge >= 0.3 is 5.97 Å². The fourth-order valence-electron chi connectivity index (χ4n) is 0.608. The first-order valence-corrected chi connectivity index (χ1v) is 3.98. The highest BCUT2D eigenvalue weighted by Gasteiger charge is 1.99. The van der Waals surface area contributed by atoms with E-state index in [2.05, 4.69) is 0 Å². The van der Waals surface area contributed by atoms with E-state index in [9.17, 15) is 4.79 Å². The number of carbonyl (C=O) groups is 1. The number of allylic oxidation sites excluding steroid dienone is 1. The van der Waals surface area contributed by atoms with E-state index in [1.54, 1.807) is 19.1 Å². The predicted molar refractivity (Wildman–Crippen MR) is 46.9 cm³/mol. The van der Waals surface area contributed by atoms with Crippen LogP contribution in [0.1, 0.15) is 21.6 Å². The van der Waals surface area contributed by atoms with Crippen LogP contribution in [0.4, 0.5) is 0 Å². The first-order chi connectivity index (χ1) is 6.31. The summed E-state index contributed by atoms with van der Waals surface area (Å²) < 4.78 is 16.6. The summed E-state index contributed by atoms with van der Waals surface area (Å²) in [6.07, 6.45) is 3.76. The molecule has 0 aliphatic rings. The average Bonchev–Trinajstić information content (AvgIpc) is 2.11. The first-order valence-electron chi connectivity index (χ1n) is 4.69. The maximum absolute atomic E-state index is 10.8. The third-order valence-electron chi connectivity index (χ3n) is 1.14. The molecule has 0 spiro atoms. The molecule has 0 heterocycles. The zero-order valence-electron chi connectivity index (χ0n) is 8.41. The Bertz CT molecular complexity index is 157. The van der Waals surface area contributed by atoms with Gasteiger partial charge in [-0.2, -0.15) is 0 Å². The van der Waals surface area contributed by atoms with Crippen molar-refractivity contribution in [2.75, 3.05) is 19.8 Å². The average molecular weight is 173 g/mol. The fourth-order valence-corrected chi connectivity index (χ4v) is 0.608. The van der Waals surface area contributed by atoms with Crippen molar-refractivity contribution in [1.29, 1.82) is 0 Å². The maximum Gasteiger partial charge on any atom is 0.308 e. The van der Waals surface area contributed by atoms with Crippen LogP contribution in [0.25, 0.3) is 0 Å². The van der Waals surface area contributed by atoms with Crippen LogP contribution in [-0.4, -0.2) is 25.8 Å². The SMILES string of the molecule is [2H]C/C=C/COCCC(=O)OCC. The van der Waals surface area contributed by atoms with Gasteiger partial charge in [-0.05, 0) is 13.8 Å². The van der Waals surface area contributed by atoms with Crippen LogP contribution in [-0.2, 0) is 14.3 Å². The van der Waals surface area contributed by atoms with E-state index in [0.29, 0.717) is 26.2 Å².